The van der Waals surface area contributed by atoms with Gasteiger partial charge in [-0.1, -0.05) is 0 Å². The van der Waals surface area contributed by atoms with Crippen LogP contribution >= 0.6 is 0 Å². The third-order valence-electron chi connectivity index (χ3n) is 0.258. The molecule has 0 unspecified atom stereocenters. The first-order valence-corrected chi connectivity index (χ1v) is 3.26. The van der Waals surface area contributed by atoms with Gasteiger partial charge in [0.2, 0.25) is 6.54 Å². The number of rotatable bonds is 2. The van der Waals surface area contributed by atoms with Crippen LogP contribution in [0.2, 0.25) is 0 Å². The van der Waals surface area contributed by atoms with E-state index in [1.807, 2.05) is 0 Å². The van der Waals surface area contributed by atoms with E-state index in [2.05, 4.69) is 0 Å². The Morgan fingerprint density at radius 2 is 1.06 bits per heavy atom. The first-order chi connectivity index (χ1) is 6.59. The standard InChI is InChI=1S/C2H3NO4.2C2H4O2.3Na/c4-2(5)1-3(6)7;2*1-2(3)4;;;/h1H2,(H,4,5);2*1H3,(H,3,4);;;/q;;;3*+1/p-3. The molecule has 88 valence electrons. The fourth-order valence-corrected chi connectivity index (χ4v) is 0.105. The summed E-state index contributed by atoms with van der Waals surface area (Å²) < 4.78 is 0. The summed E-state index contributed by atoms with van der Waals surface area (Å²) in [6, 6.07) is 0. The van der Waals surface area contributed by atoms with Crippen LogP contribution < -0.4 is 104 Å². The Morgan fingerprint density at radius 3 is 1.06 bits per heavy atom. The van der Waals surface area contributed by atoms with Gasteiger partial charge >= 0.3 is 88.7 Å². The van der Waals surface area contributed by atoms with Crippen LogP contribution in [-0.2, 0) is 14.4 Å². The van der Waals surface area contributed by atoms with Crippen LogP contribution in [0.3, 0.4) is 0 Å². The third-order valence-corrected chi connectivity index (χ3v) is 0.258. The predicted octanol–water partition coefficient (Wildman–Crippen LogP) is -13.5. The molecule has 0 saturated heterocycles. The van der Waals surface area contributed by atoms with E-state index in [0.717, 1.165) is 13.8 Å². The van der Waals surface area contributed by atoms with Crippen LogP contribution in [-0.4, -0.2) is 29.4 Å². The van der Waals surface area contributed by atoms with Crippen LogP contribution in [0.1, 0.15) is 13.8 Å². The molecule has 9 nitrogen and oxygen atoms in total. The molecule has 0 bridgehead atoms. The molecule has 0 aromatic carbocycles. The number of carbonyl (C=O) groups is 3. The van der Waals surface area contributed by atoms with E-state index >= 15 is 0 Å². The fourth-order valence-electron chi connectivity index (χ4n) is 0.105. The van der Waals surface area contributed by atoms with Gasteiger partial charge in [0.1, 0.15) is 5.97 Å². The molecule has 0 amide bonds. The van der Waals surface area contributed by atoms with Crippen LogP contribution in [0.4, 0.5) is 0 Å². The van der Waals surface area contributed by atoms with Crippen LogP contribution in [0, 0.1) is 10.1 Å². The molecule has 0 aliphatic carbocycles. The molecule has 0 heterocycles. The quantitative estimate of drug-likeness (QED) is 0.275. The topological polar surface area (TPSA) is 164 Å². The molecule has 0 saturated carbocycles. The molecule has 0 rings (SSSR count). The van der Waals surface area contributed by atoms with E-state index in [1.165, 1.54) is 0 Å². The number of carbonyl (C=O) groups excluding carboxylic acids is 3. The van der Waals surface area contributed by atoms with Crippen molar-refractivity contribution in [3.8, 4) is 0 Å². The van der Waals surface area contributed by atoms with Gasteiger partial charge in [-0.25, -0.2) is 0 Å². The number of carboxylic acid groups (broad SMARTS) is 3. The van der Waals surface area contributed by atoms with Crippen molar-refractivity contribution in [1.29, 1.82) is 0 Å². The van der Waals surface area contributed by atoms with E-state index < -0.39 is 29.4 Å². The maximum atomic E-state index is 9.26. The van der Waals surface area contributed by atoms with E-state index in [4.69, 9.17) is 19.8 Å². The summed E-state index contributed by atoms with van der Waals surface area (Å²) in [4.78, 5) is 35.3. The van der Waals surface area contributed by atoms with Crippen molar-refractivity contribution >= 4 is 17.9 Å². The second kappa shape index (κ2) is 26.4. The largest absolute Gasteiger partial charge is 1.00 e. The summed E-state index contributed by atoms with van der Waals surface area (Å²) in [6.07, 6.45) is 0. The molecule has 0 radical (unpaired) electrons. The summed E-state index contributed by atoms with van der Waals surface area (Å²) in [5.41, 5.74) is 0. The normalized spacial score (nSPS) is 5.89. The number of hydrogen-bond donors (Lipinski definition) is 0. The van der Waals surface area contributed by atoms with Crippen LogP contribution in [0.25, 0.3) is 0 Å². The Bertz CT molecular complexity index is 215. The maximum absolute atomic E-state index is 9.26. The Balaban J connectivity index is -0.0000000292. The van der Waals surface area contributed by atoms with Crippen molar-refractivity contribution in [2.45, 2.75) is 13.8 Å². The van der Waals surface area contributed by atoms with Crippen molar-refractivity contribution < 1.29 is 123 Å². The summed E-state index contributed by atoms with van der Waals surface area (Å²) >= 11 is 0. The van der Waals surface area contributed by atoms with Gasteiger partial charge in [0.05, 0.1) is 0 Å². The van der Waals surface area contributed by atoms with E-state index in [0.29, 0.717) is 0 Å². The van der Waals surface area contributed by atoms with Crippen LogP contribution in [0.15, 0.2) is 0 Å². The molecular formula is C6H8NNa3O8. The Hall–Kier alpha value is 0.810. The number of nitro groups is 1. The van der Waals surface area contributed by atoms with Gasteiger partial charge in [-0.2, -0.15) is 0 Å². The van der Waals surface area contributed by atoms with Crippen molar-refractivity contribution in [1.82, 2.24) is 0 Å². The van der Waals surface area contributed by atoms with Gasteiger partial charge in [-0.3, -0.25) is 10.1 Å². The molecule has 0 aliphatic heterocycles. The Morgan fingerprint density at radius 1 is 0.889 bits per heavy atom. The molecule has 0 fully saturated rings. The van der Waals surface area contributed by atoms with Gasteiger partial charge in [-0.15, -0.1) is 0 Å². The van der Waals surface area contributed by atoms with Gasteiger partial charge in [0, 0.05) is 16.9 Å². The SMILES string of the molecule is CC(=O)[O-].CC(=O)[O-].O=C([O-])C[N+](=O)[O-].[Na+].[Na+].[Na+]. The Labute approximate surface area is 169 Å². The zero-order valence-electron chi connectivity index (χ0n) is 10.9. The molecule has 12 heteroatoms. The zero-order valence-corrected chi connectivity index (χ0v) is 16.9. The summed E-state index contributed by atoms with van der Waals surface area (Å²) in [6.45, 7) is 0.833. The first kappa shape index (κ1) is 36.4. The van der Waals surface area contributed by atoms with Gasteiger partial charge in [0.15, 0.2) is 0 Å². The minimum absolute atomic E-state index is 0. The average molecular weight is 291 g/mol. The van der Waals surface area contributed by atoms with Crippen molar-refractivity contribution in [3.63, 3.8) is 0 Å². The Kier molecular flexibility index (Phi) is 53.3. The molecule has 0 N–H and O–H groups in total. The van der Waals surface area contributed by atoms with Crippen LogP contribution in [0.5, 0.6) is 0 Å². The van der Waals surface area contributed by atoms with Crippen molar-refractivity contribution in [2.75, 3.05) is 6.54 Å². The van der Waals surface area contributed by atoms with Crippen molar-refractivity contribution in [3.05, 3.63) is 10.1 Å². The number of nitrogens with zero attached hydrogens (tertiary/aromatic N) is 1. The van der Waals surface area contributed by atoms with Gasteiger partial charge in [-0.05, 0) is 13.8 Å². The smallest absolute Gasteiger partial charge is 0.550 e. The summed E-state index contributed by atoms with van der Waals surface area (Å²) in [5.74, 6) is -3.83. The first-order valence-electron chi connectivity index (χ1n) is 3.26. The average Bonchev–Trinajstić information content (AvgIpc) is 1.78. The maximum Gasteiger partial charge on any atom is 1.00 e. The molecule has 0 aromatic rings. The summed E-state index contributed by atoms with van der Waals surface area (Å²) in [5, 5.41) is 36.2. The fraction of sp³-hybridized carbons (Fsp3) is 0.500. The zero-order chi connectivity index (χ0) is 13.0. The van der Waals surface area contributed by atoms with Gasteiger partial charge in [0.25, 0.3) is 0 Å². The number of carboxylic acids is 3. The second-order valence-electron chi connectivity index (χ2n) is 1.85. The number of hydrogen-bond acceptors (Lipinski definition) is 8. The number of aliphatic carboxylic acids is 3. The molecule has 0 atom stereocenters. The van der Waals surface area contributed by atoms with E-state index in [9.17, 15) is 20.0 Å². The van der Waals surface area contributed by atoms with E-state index in [-0.39, 0.29) is 88.7 Å². The monoisotopic (exact) mass is 291 g/mol. The second-order valence-corrected chi connectivity index (χ2v) is 1.85. The minimum Gasteiger partial charge on any atom is -0.550 e. The molecule has 0 aromatic heterocycles. The molecule has 0 spiro atoms. The molecular weight excluding hydrogens is 283 g/mol. The summed E-state index contributed by atoms with van der Waals surface area (Å²) in [7, 11) is 0. The van der Waals surface area contributed by atoms with Crippen molar-refractivity contribution in [2.24, 2.45) is 0 Å². The molecule has 0 aliphatic rings. The minimum atomic E-state index is -1.66. The predicted molar refractivity (Wildman–Crippen MR) is 38.2 cm³/mol. The van der Waals surface area contributed by atoms with Gasteiger partial charge < -0.3 is 29.7 Å². The molecule has 18 heavy (non-hydrogen) atoms. The van der Waals surface area contributed by atoms with E-state index in [1.54, 1.807) is 0 Å². The third kappa shape index (κ3) is 182.